The van der Waals surface area contributed by atoms with Gasteiger partial charge in [-0.1, -0.05) is 34.7 Å². The summed E-state index contributed by atoms with van der Waals surface area (Å²) in [4.78, 5) is 16.5. The number of esters is 1. The molecule has 0 rings (SSSR count). The Morgan fingerprint density at radius 2 is 2.21 bits per heavy atom. The summed E-state index contributed by atoms with van der Waals surface area (Å²) in [6.07, 6.45) is 6.70. The van der Waals surface area contributed by atoms with Crippen LogP contribution in [0.1, 0.15) is 6.92 Å². The summed E-state index contributed by atoms with van der Waals surface area (Å²) in [5.74, 6) is -0.492. The van der Waals surface area contributed by atoms with Gasteiger partial charge in [-0.25, -0.2) is 9.79 Å². The molecule has 4 heteroatoms. The van der Waals surface area contributed by atoms with Crippen LogP contribution in [0.2, 0.25) is 0 Å². The molecular weight excluding hydrogens is 246 g/mol. The Kier molecular flexibility index (Phi) is 7.74. The van der Waals surface area contributed by atoms with Gasteiger partial charge < -0.3 is 4.74 Å². The number of carbonyl (C=O) groups excluding carboxylic acids is 1. The third kappa shape index (κ3) is 6.37. The van der Waals surface area contributed by atoms with Crippen LogP contribution in [0.3, 0.4) is 0 Å². The second-order valence-corrected chi connectivity index (χ2v) is 2.68. The van der Waals surface area contributed by atoms with E-state index >= 15 is 0 Å². The van der Waals surface area contributed by atoms with E-state index in [1.807, 2.05) is 0 Å². The van der Waals surface area contributed by atoms with Crippen LogP contribution in [0, 0.1) is 0 Å². The van der Waals surface area contributed by atoms with Gasteiger partial charge in [-0.05, 0) is 18.0 Å². The minimum atomic E-state index is -0.492. The molecular formula is C10H12BrNO2. The third-order valence-corrected chi connectivity index (χ3v) is 1.43. The van der Waals surface area contributed by atoms with Crippen molar-refractivity contribution in [2.45, 2.75) is 6.92 Å². The minimum Gasteiger partial charge on any atom is -0.461 e. The van der Waals surface area contributed by atoms with E-state index in [9.17, 15) is 4.79 Å². The topological polar surface area (TPSA) is 38.7 Å². The van der Waals surface area contributed by atoms with Crippen molar-refractivity contribution in [1.82, 2.24) is 0 Å². The largest absolute Gasteiger partial charge is 0.461 e. The molecule has 0 bridgehead atoms. The number of hydrogen-bond donors (Lipinski definition) is 0. The van der Waals surface area contributed by atoms with Gasteiger partial charge in [0.1, 0.15) is 5.70 Å². The Morgan fingerprint density at radius 1 is 1.50 bits per heavy atom. The SMILES string of the molecule is C=C(N=C/C=C\C=C\Br)C(=O)OCC. The zero-order valence-corrected chi connectivity index (χ0v) is 9.53. The van der Waals surface area contributed by atoms with E-state index in [2.05, 4.69) is 32.2 Å². The molecule has 0 aliphatic rings. The van der Waals surface area contributed by atoms with Gasteiger partial charge in [0, 0.05) is 6.21 Å². The van der Waals surface area contributed by atoms with E-state index in [1.165, 1.54) is 6.21 Å². The molecule has 0 aromatic rings. The lowest BCUT2D eigenvalue weighted by atomic mass is 10.5. The maximum absolute atomic E-state index is 11.0. The van der Waals surface area contributed by atoms with Crippen molar-refractivity contribution < 1.29 is 9.53 Å². The highest BCUT2D eigenvalue weighted by Crippen LogP contribution is 1.95. The first kappa shape index (κ1) is 12.8. The Hall–Kier alpha value is -1.16. The van der Waals surface area contributed by atoms with Crippen LogP contribution < -0.4 is 0 Å². The maximum atomic E-state index is 11.0. The molecule has 0 N–H and O–H groups in total. The second kappa shape index (κ2) is 8.44. The Labute approximate surface area is 92.0 Å². The van der Waals surface area contributed by atoms with E-state index in [4.69, 9.17) is 0 Å². The van der Waals surface area contributed by atoms with E-state index in [0.29, 0.717) is 6.61 Å². The Bertz CT molecular complexity index is 280. The zero-order valence-electron chi connectivity index (χ0n) is 7.94. The van der Waals surface area contributed by atoms with Gasteiger partial charge in [-0.2, -0.15) is 0 Å². The predicted molar refractivity (Wildman–Crippen MR) is 61.5 cm³/mol. The van der Waals surface area contributed by atoms with Crippen molar-refractivity contribution in [3.05, 3.63) is 35.5 Å². The van der Waals surface area contributed by atoms with Crippen LogP contribution in [0.5, 0.6) is 0 Å². The molecule has 0 aromatic heterocycles. The van der Waals surface area contributed by atoms with Crippen molar-refractivity contribution >= 4 is 28.1 Å². The van der Waals surface area contributed by atoms with Crippen LogP contribution in [-0.2, 0) is 9.53 Å². The standard InChI is InChI=1S/C10H12BrNO2/c1-3-14-10(13)9(2)12-8-6-4-5-7-11/h4-8H,2-3H2,1H3/b6-4-,7-5+,12-8?. The van der Waals surface area contributed by atoms with E-state index in [0.717, 1.165) is 0 Å². The summed E-state index contributed by atoms with van der Waals surface area (Å²) >= 11 is 3.11. The average Bonchev–Trinajstić information content (AvgIpc) is 2.17. The number of rotatable bonds is 5. The molecule has 0 radical (unpaired) electrons. The van der Waals surface area contributed by atoms with Crippen LogP contribution in [-0.4, -0.2) is 18.8 Å². The summed E-state index contributed by atoms with van der Waals surface area (Å²) in [6, 6.07) is 0. The summed E-state index contributed by atoms with van der Waals surface area (Å²) in [6.45, 7) is 5.52. The predicted octanol–water partition coefficient (Wildman–Crippen LogP) is 2.60. The molecule has 0 amide bonds. The van der Waals surface area contributed by atoms with Gasteiger partial charge in [-0.15, -0.1) is 0 Å². The highest BCUT2D eigenvalue weighted by atomic mass is 79.9. The molecule has 0 aliphatic carbocycles. The summed E-state index contributed by atoms with van der Waals surface area (Å²) in [7, 11) is 0. The number of halogens is 1. The summed E-state index contributed by atoms with van der Waals surface area (Å²) in [5.41, 5.74) is 0.0966. The molecule has 0 aliphatic heterocycles. The van der Waals surface area contributed by atoms with Crippen LogP contribution in [0.4, 0.5) is 0 Å². The third-order valence-electron chi connectivity index (χ3n) is 1.12. The number of nitrogens with zero attached hydrogens (tertiary/aromatic N) is 1. The summed E-state index contributed by atoms with van der Waals surface area (Å²) in [5, 5.41) is 0. The van der Waals surface area contributed by atoms with Gasteiger partial charge in [-0.3, -0.25) is 0 Å². The molecule has 0 heterocycles. The second-order valence-electron chi connectivity index (χ2n) is 2.15. The number of allylic oxidation sites excluding steroid dienone is 3. The molecule has 3 nitrogen and oxygen atoms in total. The fraction of sp³-hybridized carbons (Fsp3) is 0.200. The minimum absolute atomic E-state index is 0.0966. The van der Waals surface area contributed by atoms with E-state index in [-0.39, 0.29) is 5.70 Å². The van der Waals surface area contributed by atoms with Gasteiger partial charge in [0.2, 0.25) is 0 Å². The van der Waals surface area contributed by atoms with Crippen molar-refractivity contribution in [2.24, 2.45) is 4.99 Å². The first-order valence-corrected chi connectivity index (χ1v) is 4.96. The molecule has 0 spiro atoms. The smallest absolute Gasteiger partial charge is 0.356 e. The van der Waals surface area contributed by atoms with Crippen molar-refractivity contribution in [3.63, 3.8) is 0 Å². The summed E-state index contributed by atoms with van der Waals surface area (Å²) < 4.78 is 4.68. The number of carbonyl (C=O) groups is 1. The molecule has 0 aromatic carbocycles. The molecule has 14 heavy (non-hydrogen) atoms. The quantitative estimate of drug-likeness (QED) is 0.329. The van der Waals surface area contributed by atoms with Gasteiger partial charge in [0.25, 0.3) is 0 Å². The van der Waals surface area contributed by atoms with Gasteiger partial charge >= 0.3 is 5.97 Å². The normalized spacial score (nSPS) is 11.6. The van der Waals surface area contributed by atoms with Crippen molar-refractivity contribution in [1.29, 1.82) is 0 Å². The molecule has 76 valence electrons. The first-order chi connectivity index (χ1) is 6.72. The zero-order chi connectivity index (χ0) is 10.8. The first-order valence-electron chi connectivity index (χ1n) is 4.04. The van der Waals surface area contributed by atoms with Crippen molar-refractivity contribution in [3.8, 4) is 0 Å². The fourth-order valence-electron chi connectivity index (χ4n) is 0.556. The lowest BCUT2D eigenvalue weighted by Gasteiger charge is -1.98. The van der Waals surface area contributed by atoms with E-state index in [1.54, 1.807) is 30.1 Å². The Morgan fingerprint density at radius 3 is 2.79 bits per heavy atom. The molecule has 0 saturated carbocycles. The maximum Gasteiger partial charge on any atom is 0.356 e. The highest BCUT2D eigenvalue weighted by molar-refractivity contribution is 9.11. The molecule has 0 atom stereocenters. The number of ether oxygens (including phenoxy) is 1. The average molecular weight is 258 g/mol. The Balaban J connectivity index is 3.99. The number of aliphatic imine (C=N–C) groups is 1. The van der Waals surface area contributed by atoms with Crippen LogP contribution >= 0.6 is 15.9 Å². The lowest BCUT2D eigenvalue weighted by Crippen LogP contribution is -2.04. The van der Waals surface area contributed by atoms with Crippen molar-refractivity contribution in [2.75, 3.05) is 6.61 Å². The highest BCUT2D eigenvalue weighted by Gasteiger charge is 2.03. The molecule has 0 saturated heterocycles. The fourth-order valence-corrected chi connectivity index (χ4v) is 0.732. The van der Waals surface area contributed by atoms with Gasteiger partial charge in [0.05, 0.1) is 6.61 Å². The van der Waals surface area contributed by atoms with Crippen LogP contribution in [0.25, 0.3) is 0 Å². The lowest BCUT2D eigenvalue weighted by molar-refractivity contribution is -0.138. The molecule has 0 unspecified atom stereocenters. The van der Waals surface area contributed by atoms with Crippen LogP contribution in [0.15, 0.2) is 40.5 Å². The van der Waals surface area contributed by atoms with Gasteiger partial charge in [0.15, 0.2) is 0 Å². The molecule has 0 fully saturated rings. The monoisotopic (exact) mass is 257 g/mol. The number of hydrogen-bond acceptors (Lipinski definition) is 3. The van der Waals surface area contributed by atoms with E-state index < -0.39 is 5.97 Å².